The molecule has 8 aromatic rings. The van der Waals surface area contributed by atoms with Crippen LogP contribution in [-0.2, 0) is 168 Å². The van der Waals surface area contributed by atoms with Gasteiger partial charge in [-0.25, -0.2) is 39.1 Å². The summed E-state index contributed by atoms with van der Waals surface area (Å²) in [5, 5.41) is 11.0. The van der Waals surface area contributed by atoms with E-state index in [9.17, 15) is 68.0 Å². The van der Waals surface area contributed by atoms with E-state index in [1.165, 1.54) is 74.4 Å². The number of aromatic nitrogens is 16. The second-order valence-corrected chi connectivity index (χ2v) is 49.5. The van der Waals surface area contributed by atoms with Gasteiger partial charge in [-0.05, 0) is 119 Å². The molecule has 0 amide bonds. The van der Waals surface area contributed by atoms with E-state index in [0.29, 0.717) is 11.1 Å². The molecule has 9 aliphatic heterocycles. The molecule has 0 spiro atoms. The Balaban J connectivity index is 0.615. The molecule has 6 bridgehead atoms. The molecule has 67 heteroatoms. The summed E-state index contributed by atoms with van der Waals surface area (Å²) >= 11 is 33.8. The Morgan fingerprint density at radius 3 is 1.26 bits per heavy atom. The number of H-pyrrole nitrogens is 3. The molecule has 9 fully saturated rings. The minimum absolute atomic E-state index is 0.00145. The van der Waals surface area contributed by atoms with Crippen molar-refractivity contribution in [2.24, 2.45) is 0 Å². The lowest BCUT2D eigenvalue weighted by atomic mass is 9.94. The number of ether oxygens (including phenoxy) is 9. The maximum Gasteiger partial charge on any atom is 0.351 e. The molecular weight excluding hydrogens is 2020 g/mol. The van der Waals surface area contributed by atoms with Gasteiger partial charge in [0.1, 0.15) is 114 Å². The van der Waals surface area contributed by atoms with Gasteiger partial charge in [0.15, 0.2) is 41.3 Å². The van der Waals surface area contributed by atoms with Gasteiger partial charge in [0, 0.05) is 73.4 Å². The SMILES string of the molecule is COP(O)(=S)OC1C[C@H](n2cnc3c(=O)[nH]c(N)nc32)O[C@@H]1COP(O)(=S)OC1C[C@H](n2cnc3c(N)ncnc32)O[C@@H]1COP(O)(=S)OC1C[C@H](n2cc(C)c(=O)[nH]c2=O)O[C@@H]1COP(O)(=S)OC1[C@@H]2O[C@@H](C)[C@]1(COP(O)(=S)OC1[C@@H]3O[C@@H](C)[C@]1(COP(O)(=S)OC1[C@@H]4O[C@@H](C)[C@]1(CO)O[C@H]4n1cc(C)c(N)nc1=O)O[C@H]3n1cc(C)c(N)nc1=O)O[C@H]2n1cc(C)c(=O)[nH]c1=O. The number of anilines is 4. The summed E-state index contributed by atoms with van der Waals surface area (Å²) in [6.45, 7) is -22.2. The Hall–Kier alpha value is -6.00. The lowest BCUT2D eigenvalue weighted by molar-refractivity contribution is -0.219. The Morgan fingerprint density at radius 2 is 0.806 bits per heavy atom. The quantitative estimate of drug-likeness (QED) is 0.0201. The van der Waals surface area contributed by atoms with Gasteiger partial charge in [0.25, 0.3) is 16.7 Å². The molecule has 18 N–H and O–H groups in total. The molecule has 55 nitrogen and oxygen atoms in total. The number of rotatable bonds is 35. The van der Waals surface area contributed by atoms with Crippen molar-refractivity contribution < 1.29 is 131 Å². The van der Waals surface area contributed by atoms with Crippen molar-refractivity contribution in [3.05, 3.63) is 139 Å². The average Bonchev–Trinajstić information content (AvgIpc) is 1.55. The van der Waals surface area contributed by atoms with Crippen molar-refractivity contribution in [3.8, 4) is 0 Å². The second-order valence-electron chi connectivity index (χ2n) is 32.6. The summed E-state index contributed by atoms with van der Waals surface area (Å²) < 4.78 is 138. The average molecular weight is 2110 g/mol. The van der Waals surface area contributed by atoms with Crippen molar-refractivity contribution in [1.29, 1.82) is 0 Å². The first-order chi connectivity index (χ1) is 62.9. The van der Waals surface area contributed by atoms with Crippen molar-refractivity contribution in [2.75, 3.05) is 69.7 Å². The van der Waals surface area contributed by atoms with Crippen LogP contribution >= 0.6 is 40.3 Å². The Morgan fingerprint density at radius 1 is 0.433 bits per heavy atom. The van der Waals surface area contributed by atoms with Crippen LogP contribution in [0.1, 0.15) is 99.7 Å². The standard InChI is InChI=1S/C67H88N20O35P6S6/c1-25-12-83(61(92)76-49(25)68)57-43-46(65(19-88,114-57)29(5)108-43)120-127(100,133)106-21-67-31(7)110-45(58(115-67)84-13-26(2)50(69)77-62(84)93)48(67)122-128(101,134)107-20-66-30(6)109-44(59(116-66)85-15-28(4)55(90)81-64(85)95)47(66)121-126(99,132)105-18-36-33(9-38(111-36)82-14-27(3)54(89)80-63(82)94)118-124(97,130)104-17-37-34(11-39(112-37)86-23-74-41-51(70)72-22-73-52(41)86)119-125(98,131)103-16-35-32(117-123(96,129)102-8)10-40(113-35)87-24-75-42-53(87)78-60(71)79-56(42)91/h12-15,22-24,29-40,43-48,57-59,88H,9-11,16-21H2,1-8H3,(H,96,129)(H,97,130)(H,98,131)(H,99,132)(H,100,133)(H,101,134)(H2,68,76,92)(H2,69,77,93)(H2,70,72,73)(H,80,89,94)(H,81,90,95)(H3,71,78,79,91)/t29-,30-,31-,32?,33?,34?,35+,36+,37+,38+,39+,40+,43-,44-,45-,46?,47?,48?,57+,58+,59+,65-,66-,67-,123?,124?,125?,126?,127?,128?/m0/s1. The van der Waals surface area contributed by atoms with Crippen LogP contribution in [0.3, 0.4) is 0 Å². The van der Waals surface area contributed by atoms with E-state index in [1.807, 2.05) is 0 Å². The number of imidazole rings is 2. The van der Waals surface area contributed by atoms with Gasteiger partial charge < -0.3 is 141 Å². The van der Waals surface area contributed by atoms with Crippen molar-refractivity contribution in [1.82, 2.24) is 77.2 Å². The highest BCUT2D eigenvalue weighted by Gasteiger charge is 2.72. The normalized spacial score (nSPS) is 34.2. The molecule has 8 aromatic heterocycles. The molecular formula is C67H88N20O35P6S6. The van der Waals surface area contributed by atoms with Gasteiger partial charge in [0.2, 0.25) is 5.95 Å². The lowest BCUT2D eigenvalue weighted by Gasteiger charge is -2.38. The number of hydrogen-bond acceptors (Lipinski definition) is 46. The van der Waals surface area contributed by atoms with Crippen LogP contribution in [0.25, 0.3) is 22.3 Å². The summed E-state index contributed by atoms with van der Waals surface area (Å²) in [6, 6.07) is 0. The van der Waals surface area contributed by atoms with Crippen LogP contribution in [0.15, 0.2) is 77.3 Å². The molecule has 0 aromatic carbocycles. The van der Waals surface area contributed by atoms with E-state index in [4.69, 9.17) is 191 Å². The van der Waals surface area contributed by atoms with E-state index in [1.54, 1.807) is 20.8 Å². The largest absolute Gasteiger partial charge is 0.393 e. The molecule has 0 saturated carbocycles. The number of aliphatic hydroxyl groups excluding tert-OH is 1. The third-order valence-electron chi connectivity index (χ3n) is 24.3. The van der Waals surface area contributed by atoms with Gasteiger partial charge in [-0.1, -0.05) is 0 Å². The predicted molar refractivity (Wildman–Crippen MR) is 479 cm³/mol. The van der Waals surface area contributed by atoms with Gasteiger partial charge in [-0.2, -0.15) is 15.0 Å². The molecule has 30 atom stereocenters. The van der Waals surface area contributed by atoms with Crippen molar-refractivity contribution in [2.45, 2.75) is 213 Å². The van der Waals surface area contributed by atoms with E-state index in [-0.39, 0.29) is 69.7 Å². The van der Waals surface area contributed by atoms with Gasteiger partial charge in [-0.3, -0.25) is 70.3 Å². The highest BCUT2D eigenvalue weighted by Crippen LogP contribution is 2.64. The van der Waals surface area contributed by atoms with Crippen LogP contribution in [0.4, 0.5) is 23.4 Å². The molecule has 9 aliphatic rings. The fraction of sp³-hybridized carbons (Fsp3) is 0.612. The summed E-state index contributed by atoms with van der Waals surface area (Å²) in [4.78, 5) is 201. The second kappa shape index (κ2) is 37.1. The Bertz CT molecular complexity index is 6740. The summed E-state index contributed by atoms with van der Waals surface area (Å²) in [5.41, 5.74) is 13.0. The van der Waals surface area contributed by atoms with E-state index >= 15 is 0 Å². The summed E-state index contributed by atoms with van der Waals surface area (Å²) in [5.74, 6) is -0.426. The first kappa shape index (κ1) is 99.6. The van der Waals surface area contributed by atoms with Crippen LogP contribution in [-0.4, -0.2) is 267 Å². The smallest absolute Gasteiger partial charge is 0.351 e. The maximum atomic E-state index is 13.9. The van der Waals surface area contributed by atoms with E-state index in [0.717, 1.165) is 31.6 Å². The first-order valence-corrected chi connectivity index (χ1v) is 55.9. The minimum Gasteiger partial charge on any atom is -0.393 e. The molecule has 134 heavy (non-hydrogen) atoms. The number of nitrogens with two attached hydrogens (primary N) is 4. The van der Waals surface area contributed by atoms with Crippen LogP contribution < -0.4 is 62.4 Å². The maximum absolute atomic E-state index is 13.9. The molecule has 9 saturated heterocycles. The minimum atomic E-state index is -4.95. The number of aromatic amines is 3. The number of nitrogens with one attached hydrogen (secondary N) is 3. The number of aliphatic hydroxyl groups is 1. The monoisotopic (exact) mass is 2110 g/mol. The van der Waals surface area contributed by atoms with Crippen molar-refractivity contribution in [3.63, 3.8) is 0 Å². The van der Waals surface area contributed by atoms with Crippen LogP contribution in [0, 0.1) is 27.7 Å². The molecule has 732 valence electrons. The number of aryl methyl sites for hydroxylation is 4. The number of nitrogen functional groups attached to an aromatic ring is 4. The summed E-state index contributed by atoms with van der Waals surface area (Å²) in [7, 11) is 1.13. The highest BCUT2D eigenvalue weighted by atomic mass is 32.5. The van der Waals surface area contributed by atoms with E-state index in [2.05, 4.69) is 49.8 Å². The third-order valence-corrected chi connectivity index (χ3v) is 33.7. The van der Waals surface area contributed by atoms with Crippen molar-refractivity contribution >= 4 is 157 Å². The van der Waals surface area contributed by atoms with Crippen LogP contribution in [0.2, 0.25) is 0 Å². The van der Waals surface area contributed by atoms with Crippen LogP contribution in [0.5, 0.6) is 0 Å². The zero-order valence-corrected chi connectivity index (χ0v) is 81.1. The number of nitrogens with zero attached hydrogens (tertiary/aromatic N) is 13. The number of fused-ring (bicyclic) bond motifs is 8. The predicted octanol–water partition coefficient (Wildman–Crippen LogP) is -1.50. The molecule has 0 radical (unpaired) electrons. The topological polar surface area (TPSA) is 726 Å². The number of hydrogen-bond donors (Lipinski definition) is 14. The molecule has 0 aliphatic carbocycles. The van der Waals surface area contributed by atoms with Gasteiger partial charge >= 0.3 is 63.1 Å². The Kier molecular flexibility index (Phi) is 27.6. The fourth-order valence-corrected chi connectivity index (χ4v) is 25.6. The lowest BCUT2D eigenvalue weighted by Crippen LogP contribution is -2.52. The molecule has 17 rings (SSSR count). The van der Waals surface area contributed by atoms with E-state index < -0.39 is 272 Å². The zero-order chi connectivity index (χ0) is 96.3. The Labute approximate surface area is 782 Å². The zero-order valence-electron chi connectivity index (χ0n) is 70.8. The first-order valence-electron chi connectivity index (χ1n) is 40.4. The molecule has 17 heterocycles. The molecule has 12 unspecified atom stereocenters. The van der Waals surface area contributed by atoms with Gasteiger partial charge in [-0.15, -0.1) is 0 Å². The highest BCUT2D eigenvalue weighted by molar-refractivity contribution is 8.08. The fourth-order valence-electron chi connectivity index (χ4n) is 17.4. The third kappa shape index (κ3) is 19.1. The van der Waals surface area contributed by atoms with Gasteiger partial charge in [0.05, 0.1) is 88.9 Å². The summed E-state index contributed by atoms with van der Waals surface area (Å²) in [6.07, 6.45) is -20.6.